The second-order valence-corrected chi connectivity index (χ2v) is 6.31. The molecule has 0 fully saturated rings. The lowest BCUT2D eigenvalue weighted by Gasteiger charge is -2.02. The summed E-state index contributed by atoms with van der Waals surface area (Å²) in [6.07, 6.45) is 2.23. The fourth-order valence-electron chi connectivity index (χ4n) is 1.99. The van der Waals surface area contributed by atoms with Gasteiger partial charge in [-0.25, -0.2) is 22.9 Å². The predicted molar refractivity (Wildman–Crippen MR) is 74.4 cm³/mol. The normalized spacial score (nSPS) is 11.8. The second kappa shape index (κ2) is 5.26. The van der Waals surface area contributed by atoms with Crippen LogP contribution in [-0.4, -0.2) is 13.0 Å². The van der Waals surface area contributed by atoms with Crippen molar-refractivity contribution in [1.29, 1.82) is 0 Å². The van der Waals surface area contributed by atoms with Crippen LogP contribution in [0.15, 0.2) is 35.5 Å². The maximum Gasteiger partial charge on any atom is 0.247 e. The van der Waals surface area contributed by atoms with E-state index in [-0.39, 0.29) is 4.90 Å². The van der Waals surface area contributed by atoms with Crippen molar-refractivity contribution in [3.63, 3.8) is 0 Å². The van der Waals surface area contributed by atoms with Crippen molar-refractivity contribution in [3.8, 4) is 0 Å². The van der Waals surface area contributed by atoms with Crippen molar-refractivity contribution < 1.29 is 13.1 Å². The summed E-state index contributed by atoms with van der Waals surface area (Å²) in [4.78, 5) is 0.103. The standard InChI is InChI=1S/C13H17N3O3S/c1-10-11(2)16(17)9-15(10)8-7-12-3-5-13(6-4-12)20(14,18)19/h3-6,9H,7-8H2,1-2H3,(H2,14,18,19). The quantitative estimate of drug-likeness (QED) is 0.662. The highest BCUT2D eigenvalue weighted by atomic mass is 32.2. The van der Waals surface area contributed by atoms with Gasteiger partial charge in [0.05, 0.1) is 11.4 Å². The van der Waals surface area contributed by atoms with Gasteiger partial charge in [0.25, 0.3) is 0 Å². The zero-order chi connectivity index (χ0) is 14.9. The lowest BCUT2D eigenvalue weighted by molar-refractivity contribution is -0.611. The third-order valence-electron chi connectivity index (χ3n) is 3.42. The third-order valence-corrected chi connectivity index (χ3v) is 4.35. The van der Waals surface area contributed by atoms with Crippen molar-refractivity contribution in [2.45, 2.75) is 31.7 Å². The Morgan fingerprint density at radius 2 is 1.85 bits per heavy atom. The molecule has 0 spiro atoms. The Morgan fingerprint density at radius 1 is 1.25 bits per heavy atom. The molecular weight excluding hydrogens is 278 g/mol. The number of nitrogens with zero attached hydrogens (tertiary/aromatic N) is 2. The molecule has 0 bridgehead atoms. The van der Waals surface area contributed by atoms with Crippen molar-refractivity contribution in [2.75, 3.05) is 0 Å². The van der Waals surface area contributed by atoms with E-state index in [1.165, 1.54) is 18.5 Å². The maximum atomic E-state index is 11.4. The number of hydrogen-bond acceptors (Lipinski definition) is 3. The lowest BCUT2D eigenvalue weighted by atomic mass is 10.1. The molecule has 2 rings (SSSR count). The number of primary sulfonamides is 1. The SMILES string of the molecule is Cc1c(C)[n+]([O-])cn1CCc1ccc(S(N)(=O)=O)cc1. The van der Waals surface area contributed by atoms with Crippen molar-refractivity contribution in [2.24, 2.45) is 5.14 Å². The van der Waals surface area contributed by atoms with Crippen LogP contribution in [0, 0.1) is 19.1 Å². The van der Waals surface area contributed by atoms with Crippen LogP contribution >= 0.6 is 0 Å². The van der Waals surface area contributed by atoms with E-state index in [1.807, 2.05) is 11.5 Å². The van der Waals surface area contributed by atoms with Gasteiger partial charge >= 0.3 is 0 Å². The Kier molecular flexibility index (Phi) is 3.82. The largest absolute Gasteiger partial charge is 0.711 e. The number of rotatable bonds is 4. The monoisotopic (exact) mass is 295 g/mol. The first-order chi connectivity index (χ1) is 9.29. The molecule has 0 amide bonds. The number of imidazole rings is 1. The molecule has 2 aromatic rings. The summed E-state index contributed by atoms with van der Waals surface area (Å²) < 4.78 is 25.0. The number of hydrogen-bond donors (Lipinski definition) is 1. The van der Waals surface area contributed by atoms with Crippen molar-refractivity contribution in [3.05, 3.63) is 52.8 Å². The zero-order valence-electron chi connectivity index (χ0n) is 11.4. The molecule has 20 heavy (non-hydrogen) atoms. The predicted octanol–water partition coefficient (Wildman–Crippen LogP) is 0.628. The fraction of sp³-hybridized carbons (Fsp3) is 0.308. The molecule has 0 aliphatic carbocycles. The molecule has 0 aliphatic heterocycles. The van der Waals surface area contributed by atoms with E-state index in [2.05, 4.69) is 0 Å². The number of aromatic nitrogens is 2. The molecule has 0 aliphatic rings. The lowest BCUT2D eigenvalue weighted by Crippen LogP contribution is -2.26. The Morgan fingerprint density at radius 3 is 2.30 bits per heavy atom. The summed E-state index contributed by atoms with van der Waals surface area (Å²) in [5.41, 5.74) is 2.61. The van der Waals surface area contributed by atoms with Gasteiger partial charge in [-0.1, -0.05) is 12.1 Å². The van der Waals surface area contributed by atoms with Crippen LogP contribution < -0.4 is 9.87 Å². The van der Waals surface area contributed by atoms with Gasteiger partial charge in [-0.15, -0.1) is 0 Å². The zero-order valence-corrected chi connectivity index (χ0v) is 12.2. The van der Waals surface area contributed by atoms with Gasteiger partial charge in [0, 0.05) is 20.3 Å². The van der Waals surface area contributed by atoms with Crippen LogP contribution in [0.5, 0.6) is 0 Å². The summed E-state index contributed by atoms with van der Waals surface area (Å²) in [6.45, 7) is 4.34. The Balaban J connectivity index is 2.10. The number of nitrogens with two attached hydrogens (primary N) is 1. The van der Waals surface area contributed by atoms with E-state index in [0.717, 1.165) is 16.0 Å². The summed E-state index contributed by atoms with van der Waals surface area (Å²) in [6, 6.07) is 6.45. The molecule has 7 heteroatoms. The van der Waals surface area contributed by atoms with Crippen molar-refractivity contribution in [1.82, 2.24) is 4.57 Å². The highest BCUT2D eigenvalue weighted by molar-refractivity contribution is 7.89. The van der Waals surface area contributed by atoms with Gasteiger partial charge in [0.2, 0.25) is 16.4 Å². The number of aryl methyl sites for hydroxylation is 2. The van der Waals surface area contributed by atoms with E-state index >= 15 is 0 Å². The van der Waals surface area contributed by atoms with Gasteiger partial charge in [-0.05, 0) is 17.7 Å². The highest BCUT2D eigenvalue weighted by Crippen LogP contribution is 2.11. The Hall–Kier alpha value is -1.86. The minimum absolute atomic E-state index is 0.103. The second-order valence-electron chi connectivity index (χ2n) is 4.74. The number of sulfonamides is 1. The molecule has 6 nitrogen and oxygen atoms in total. The van der Waals surface area contributed by atoms with E-state index < -0.39 is 10.0 Å². The van der Waals surface area contributed by atoms with E-state index in [0.29, 0.717) is 18.7 Å². The Labute approximate surface area is 118 Å². The molecule has 0 radical (unpaired) electrons. The van der Waals surface area contributed by atoms with Gasteiger partial charge in [0.15, 0.2) is 0 Å². The van der Waals surface area contributed by atoms with Gasteiger partial charge in [0.1, 0.15) is 11.4 Å². The molecule has 2 N–H and O–H groups in total. The summed E-state index contributed by atoms with van der Waals surface area (Å²) in [5, 5.41) is 16.5. The molecule has 1 heterocycles. The molecule has 0 unspecified atom stereocenters. The average molecular weight is 295 g/mol. The van der Waals surface area contributed by atoms with Crippen LogP contribution in [-0.2, 0) is 23.0 Å². The smallest absolute Gasteiger partial charge is 0.247 e. The van der Waals surface area contributed by atoms with Gasteiger partial charge < -0.3 is 5.21 Å². The van der Waals surface area contributed by atoms with Crippen molar-refractivity contribution >= 4 is 10.0 Å². The summed E-state index contributed by atoms with van der Waals surface area (Å²) >= 11 is 0. The van der Waals surface area contributed by atoms with Crippen LogP contribution in [0.1, 0.15) is 17.0 Å². The van der Waals surface area contributed by atoms with Gasteiger partial charge in [-0.2, -0.15) is 0 Å². The molecule has 0 atom stereocenters. The Bertz CT molecular complexity index is 718. The first-order valence-electron chi connectivity index (χ1n) is 6.16. The first-order valence-corrected chi connectivity index (χ1v) is 7.71. The van der Waals surface area contributed by atoms with Crippen LogP contribution in [0.4, 0.5) is 0 Å². The maximum absolute atomic E-state index is 11.4. The molecule has 1 aromatic heterocycles. The highest BCUT2D eigenvalue weighted by Gasteiger charge is 2.12. The van der Waals surface area contributed by atoms with Crippen LogP contribution in [0.2, 0.25) is 0 Å². The van der Waals surface area contributed by atoms with Crippen LogP contribution in [0.25, 0.3) is 0 Å². The van der Waals surface area contributed by atoms with E-state index in [1.54, 1.807) is 19.1 Å². The molecule has 1 aromatic carbocycles. The fourth-order valence-corrected chi connectivity index (χ4v) is 2.50. The molecular formula is C13H17N3O3S. The third kappa shape index (κ3) is 3.00. The van der Waals surface area contributed by atoms with E-state index in [4.69, 9.17) is 5.14 Å². The molecule has 0 saturated carbocycles. The van der Waals surface area contributed by atoms with E-state index in [9.17, 15) is 13.6 Å². The van der Waals surface area contributed by atoms with Gasteiger partial charge in [-0.3, -0.25) is 0 Å². The average Bonchev–Trinajstić information content (AvgIpc) is 2.63. The van der Waals surface area contributed by atoms with Crippen LogP contribution in [0.3, 0.4) is 0 Å². The minimum Gasteiger partial charge on any atom is -0.711 e. The molecule has 0 saturated heterocycles. The first kappa shape index (κ1) is 14.5. The minimum atomic E-state index is -3.65. The topological polar surface area (TPSA) is 92.0 Å². The summed E-state index contributed by atoms with van der Waals surface area (Å²) in [5.74, 6) is 0. The molecule has 108 valence electrons. The number of benzene rings is 1. The summed E-state index contributed by atoms with van der Waals surface area (Å²) in [7, 11) is -3.65.